The van der Waals surface area contributed by atoms with Gasteiger partial charge in [0.1, 0.15) is 11.5 Å². The largest absolute Gasteiger partial charge is 0.320 e. The summed E-state index contributed by atoms with van der Waals surface area (Å²) in [5.74, 6) is -2.29. The lowest BCUT2D eigenvalue weighted by atomic mass is 10.0. The average Bonchev–Trinajstić information content (AvgIpc) is 2.57. The van der Waals surface area contributed by atoms with Crippen LogP contribution in [0.15, 0.2) is 36.4 Å². The van der Waals surface area contributed by atoms with Crippen molar-refractivity contribution in [2.45, 2.75) is 24.5 Å². The van der Waals surface area contributed by atoms with Gasteiger partial charge in [0, 0.05) is 0 Å². The van der Waals surface area contributed by atoms with Crippen molar-refractivity contribution in [1.29, 1.82) is 0 Å². The molecule has 1 atom stereocenters. The van der Waals surface area contributed by atoms with E-state index in [-0.39, 0.29) is 12.1 Å². The van der Waals surface area contributed by atoms with E-state index in [0.717, 1.165) is 22.5 Å². The summed E-state index contributed by atoms with van der Waals surface area (Å²) in [6.07, 6.45) is 1.30. The maximum atomic E-state index is 14.4. The van der Waals surface area contributed by atoms with Gasteiger partial charge in [-0.3, -0.25) is 9.11 Å². The molecule has 26 heavy (non-hydrogen) atoms. The second-order valence-electron chi connectivity index (χ2n) is 6.27. The summed E-state index contributed by atoms with van der Waals surface area (Å²) in [5.41, 5.74) is 0.173. The summed E-state index contributed by atoms with van der Waals surface area (Å²) in [5, 5.41) is 2.31. The predicted octanol–water partition coefficient (Wildman–Crippen LogP) is 4.83. The average molecular weight is 386 g/mol. The Labute approximate surface area is 152 Å². The molecule has 0 saturated carbocycles. The molecular weight excluding hydrogens is 365 g/mol. The van der Waals surface area contributed by atoms with E-state index < -0.39 is 39.2 Å². The number of fused-ring (bicyclic) bond motifs is 1. The Morgan fingerprint density at radius 2 is 1.85 bits per heavy atom. The van der Waals surface area contributed by atoms with E-state index in [2.05, 4.69) is 5.32 Å². The summed E-state index contributed by atoms with van der Waals surface area (Å²) in [6.45, 7) is 0.663. The van der Waals surface area contributed by atoms with Gasteiger partial charge in [0.25, 0.3) is 0 Å². The molecule has 0 bridgehead atoms. The first-order chi connectivity index (χ1) is 12.4. The Bertz CT molecular complexity index is 784. The van der Waals surface area contributed by atoms with Crippen LogP contribution < -0.4 is 9.62 Å². The van der Waals surface area contributed by atoms with Gasteiger partial charge in [0.2, 0.25) is 0 Å². The lowest BCUT2D eigenvalue weighted by molar-refractivity contribution is 0.451. The van der Waals surface area contributed by atoms with Crippen LogP contribution in [0.5, 0.6) is 0 Å². The summed E-state index contributed by atoms with van der Waals surface area (Å²) >= 11 is 0. The standard InChI is InChI=1S/C18H21F3N2O2S/c1-22-9-3-4-14-11-12-10-13(19)7-8-17(12)23(26(14,24)25)18-15(20)5-2-6-16(18)21/h2,5-8,10,14,22,24-25H,3-4,9,11H2,1H3. The Hall–Kier alpha value is -1.74. The fraction of sp³-hybridized carbons (Fsp3) is 0.333. The zero-order valence-corrected chi connectivity index (χ0v) is 15.1. The van der Waals surface area contributed by atoms with Crippen LogP contribution in [0.1, 0.15) is 18.4 Å². The van der Waals surface area contributed by atoms with Crippen LogP contribution in [-0.4, -0.2) is 27.9 Å². The number of nitrogens with zero attached hydrogens (tertiary/aromatic N) is 1. The minimum Gasteiger partial charge on any atom is -0.320 e. The number of hydrogen-bond acceptors (Lipinski definition) is 4. The highest BCUT2D eigenvalue weighted by Crippen LogP contribution is 2.61. The van der Waals surface area contributed by atoms with Gasteiger partial charge >= 0.3 is 0 Å². The monoisotopic (exact) mass is 386 g/mol. The van der Waals surface area contributed by atoms with Gasteiger partial charge in [-0.2, -0.15) is 0 Å². The molecule has 1 aliphatic rings. The number of halogens is 3. The topological polar surface area (TPSA) is 55.7 Å². The van der Waals surface area contributed by atoms with E-state index in [1.54, 1.807) is 7.05 Å². The first-order valence-corrected chi connectivity index (χ1v) is 9.87. The van der Waals surface area contributed by atoms with Crippen molar-refractivity contribution in [3.63, 3.8) is 0 Å². The lowest BCUT2D eigenvalue weighted by Gasteiger charge is -2.52. The van der Waals surface area contributed by atoms with E-state index >= 15 is 0 Å². The summed E-state index contributed by atoms with van der Waals surface area (Å²) < 4.78 is 65.3. The number of anilines is 2. The van der Waals surface area contributed by atoms with Gasteiger partial charge in [-0.05, 0) is 68.8 Å². The molecule has 3 rings (SSSR count). The van der Waals surface area contributed by atoms with Crippen LogP contribution >= 0.6 is 10.8 Å². The molecule has 0 amide bonds. The minimum absolute atomic E-state index is 0.209. The molecule has 0 saturated heterocycles. The van der Waals surface area contributed by atoms with Crippen LogP contribution in [-0.2, 0) is 6.42 Å². The molecule has 142 valence electrons. The second kappa shape index (κ2) is 7.48. The molecule has 1 heterocycles. The molecule has 0 spiro atoms. The molecule has 0 radical (unpaired) electrons. The summed E-state index contributed by atoms with van der Waals surface area (Å²) in [6, 6.07) is 7.07. The highest BCUT2D eigenvalue weighted by atomic mass is 32.3. The zero-order chi connectivity index (χ0) is 18.9. The van der Waals surface area contributed by atoms with Crippen molar-refractivity contribution in [3.05, 3.63) is 59.4 Å². The predicted molar refractivity (Wildman–Crippen MR) is 98.4 cm³/mol. The van der Waals surface area contributed by atoms with Crippen LogP contribution in [0.2, 0.25) is 0 Å². The van der Waals surface area contributed by atoms with Gasteiger partial charge in [-0.1, -0.05) is 6.07 Å². The number of rotatable bonds is 5. The molecule has 0 aromatic heterocycles. The number of hydrogen-bond donors (Lipinski definition) is 3. The normalized spacial score (nSPS) is 19.9. The number of benzene rings is 2. The maximum Gasteiger partial charge on any atom is 0.151 e. The smallest absolute Gasteiger partial charge is 0.151 e. The van der Waals surface area contributed by atoms with Crippen molar-refractivity contribution in [1.82, 2.24) is 5.32 Å². The molecule has 0 aliphatic carbocycles. The Morgan fingerprint density at radius 1 is 1.15 bits per heavy atom. The molecule has 1 aliphatic heterocycles. The van der Waals surface area contributed by atoms with Crippen LogP contribution in [0, 0.1) is 17.5 Å². The first-order valence-electron chi connectivity index (χ1n) is 8.30. The minimum atomic E-state index is -3.57. The van der Waals surface area contributed by atoms with Crippen LogP contribution in [0.25, 0.3) is 0 Å². The molecule has 2 aromatic rings. The quantitative estimate of drug-likeness (QED) is 0.644. The SMILES string of the molecule is CNCCCC1Cc2cc(F)ccc2N(c2c(F)cccc2F)S1(O)O. The van der Waals surface area contributed by atoms with E-state index in [1.807, 2.05) is 0 Å². The molecule has 4 nitrogen and oxygen atoms in total. The fourth-order valence-corrected chi connectivity index (χ4v) is 5.37. The van der Waals surface area contributed by atoms with Crippen molar-refractivity contribution in [3.8, 4) is 0 Å². The second-order valence-corrected chi connectivity index (χ2v) is 8.42. The third-order valence-electron chi connectivity index (χ3n) is 4.52. The zero-order valence-electron chi connectivity index (χ0n) is 14.3. The first kappa shape index (κ1) is 19.0. The van der Waals surface area contributed by atoms with Crippen molar-refractivity contribution < 1.29 is 22.3 Å². The van der Waals surface area contributed by atoms with E-state index in [9.17, 15) is 22.3 Å². The van der Waals surface area contributed by atoms with Crippen LogP contribution in [0.3, 0.4) is 0 Å². The van der Waals surface area contributed by atoms with Gasteiger partial charge in [-0.25, -0.2) is 17.5 Å². The van der Waals surface area contributed by atoms with Gasteiger partial charge in [-0.15, -0.1) is 10.8 Å². The molecule has 2 aromatic carbocycles. The number of nitrogens with one attached hydrogen (secondary N) is 1. The Balaban J connectivity index is 2.13. The van der Waals surface area contributed by atoms with Crippen molar-refractivity contribution in [2.24, 2.45) is 0 Å². The highest BCUT2D eigenvalue weighted by molar-refractivity contribution is 8.26. The number of para-hydroxylation sites is 1. The Morgan fingerprint density at radius 3 is 2.50 bits per heavy atom. The third-order valence-corrected chi connectivity index (χ3v) is 6.73. The summed E-state index contributed by atoms with van der Waals surface area (Å²) in [4.78, 5) is 0. The molecule has 1 unspecified atom stereocenters. The molecular formula is C18H21F3N2O2S. The molecule has 0 fully saturated rings. The maximum absolute atomic E-state index is 14.4. The van der Waals surface area contributed by atoms with E-state index in [1.165, 1.54) is 18.2 Å². The Kier molecular flexibility index (Phi) is 5.47. The van der Waals surface area contributed by atoms with Gasteiger partial charge in [0.15, 0.2) is 11.6 Å². The summed E-state index contributed by atoms with van der Waals surface area (Å²) in [7, 11) is -1.78. The third kappa shape index (κ3) is 3.42. The van der Waals surface area contributed by atoms with E-state index in [4.69, 9.17) is 0 Å². The van der Waals surface area contributed by atoms with Crippen molar-refractivity contribution in [2.75, 3.05) is 17.9 Å². The van der Waals surface area contributed by atoms with Gasteiger partial charge < -0.3 is 5.32 Å². The van der Waals surface area contributed by atoms with Crippen molar-refractivity contribution >= 4 is 22.2 Å². The van der Waals surface area contributed by atoms with Crippen LogP contribution in [0.4, 0.5) is 24.5 Å². The fourth-order valence-electron chi connectivity index (χ4n) is 3.27. The highest BCUT2D eigenvalue weighted by Gasteiger charge is 2.41. The molecule has 3 N–H and O–H groups in total. The molecule has 8 heteroatoms. The lowest BCUT2D eigenvalue weighted by Crippen LogP contribution is -2.38. The van der Waals surface area contributed by atoms with Gasteiger partial charge in [0.05, 0.1) is 10.9 Å². The van der Waals surface area contributed by atoms with E-state index in [0.29, 0.717) is 24.9 Å².